The third-order valence-electron chi connectivity index (χ3n) is 5.87. The van der Waals surface area contributed by atoms with E-state index in [0.717, 1.165) is 30.5 Å². The fourth-order valence-corrected chi connectivity index (χ4v) is 4.09. The molecule has 0 aliphatic carbocycles. The number of oxazole rings is 1. The van der Waals surface area contributed by atoms with Crippen molar-refractivity contribution in [2.75, 3.05) is 18.0 Å². The molecule has 0 saturated heterocycles. The first-order valence-corrected chi connectivity index (χ1v) is 11.0. The monoisotopic (exact) mass is 423 g/mol. The maximum absolute atomic E-state index is 12.8. The van der Waals surface area contributed by atoms with Crippen LogP contribution in [0.15, 0.2) is 57.7 Å². The first kappa shape index (κ1) is 21.0. The summed E-state index contributed by atoms with van der Waals surface area (Å²) in [6.45, 7) is 5.85. The second-order valence-electron chi connectivity index (χ2n) is 7.88. The third-order valence-corrected chi connectivity index (χ3v) is 5.87. The Morgan fingerprint density at radius 3 is 2.65 bits per heavy atom. The van der Waals surface area contributed by atoms with Gasteiger partial charge in [-0.3, -0.25) is 9.36 Å². The van der Waals surface area contributed by atoms with Crippen LogP contribution in [-0.4, -0.2) is 35.7 Å². The van der Waals surface area contributed by atoms with Crippen molar-refractivity contribution in [1.29, 1.82) is 0 Å². The van der Waals surface area contributed by atoms with E-state index in [1.807, 2.05) is 42.5 Å². The van der Waals surface area contributed by atoms with Crippen molar-refractivity contribution in [3.05, 3.63) is 59.1 Å². The van der Waals surface area contributed by atoms with Crippen LogP contribution in [0.4, 0.5) is 5.69 Å². The van der Waals surface area contributed by atoms with Gasteiger partial charge >= 0.3 is 5.76 Å². The van der Waals surface area contributed by atoms with Crippen molar-refractivity contribution in [1.82, 2.24) is 9.88 Å². The van der Waals surface area contributed by atoms with Crippen molar-refractivity contribution < 1.29 is 13.9 Å². The molecule has 3 aromatic rings. The number of benzene rings is 2. The molecule has 0 spiro atoms. The Bertz CT molecular complexity index is 1100. The molecule has 2 heterocycles. The first-order valence-electron chi connectivity index (χ1n) is 11.0. The van der Waals surface area contributed by atoms with Gasteiger partial charge in [-0.1, -0.05) is 38.1 Å². The molecule has 7 heteroatoms. The highest BCUT2D eigenvalue weighted by atomic mass is 16.5. The number of anilines is 1. The molecule has 0 radical (unpaired) electrons. The second-order valence-corrected chi connectivity index (χ2v) is 7.88. The Morgan fingerprint density at radius 2 is 1.84 bits per heavy atom. The van der Waals surface area contributed by atoms with Gasteiger partial charge in [0, 0.05) is 19.1 Å². The van der Waals surface area contributed by atoms with E-state index in [1.54, 1.807) is 10.6 Å². The summed E-state index contributed by atoms with van der Waals surface area (Å²) < 4.78 is 13.0. The summed E-state index contributed by atoms with van der Waals surface area (Å²) >= 11 is 0. The normalized spacial score (nSPS) is 15.7. The number of carbonyl (C=O) groups excluding carboxylic acids is 1. The lowest BCUT2D eigenvalue weighted by Gasteiger charge is -2.36. The minimum absolute atomic E-state index is 0.0785. The number of carbonyl (C=O) groups is 1. The Balaban J connectivity index is 1.47. The van der Waals surface area contributed by atoms with Crippen molar-refractivity contribution in [3.8, 4) is 5.75 Å². The molecule has 7 nitrogen and oxygen atoms in total. The third kappa shape index (κ3) is 4.45. The molecule has 0 saturated carbocycles. The molecular formula is C24H29N3O4. The van der Waals surface area contributed by atoms with Crippen molar-refractivity contribution in [2.24, 2.45) is 0 Å². The van der Waals surface area contributed by atoms with Gasteiger partial charge in [0.1, 0.15) is 5.75 Å². The van der Waals surface area contributed by atoms with Crippen LogP contribution in [0.5, 0.6) is 5.75 Å². The summed E-state index contributed by atoms with van der Waals surface area (Å²) in [7, 11) is 0. The van der Waals surface area contributed by atoms with Gasteiger partial charge in [0.15, 0.2) is 11.7 Å². The number of nitrogens with one attached hydrogen (secondary N) is 1. The Hall–Kier alpha value is -3.22. The molecule has 31 heavy (non-hydrogen) atoms. The second kappa shape index (κ2) is 9.29. The van der Waals surface area contributed by atoms with Crippen molar-refractivity contribution in [3.63, 3.8) is 0 Å². The van der Waals surface area contributed by atoms with E-state index < -0.39 is 6.10 Å². The topological polar surface area (TPSA) is 76.7 Å². The first-order chi connectivity index (χ1) is 15.1. The maximum atomic E-state index is 12.8. The van der Waals surface area contributed by atoms with E-state index >= 15 is 0 Å². The summed E-state index contributed by atoms with van der Waals surface area (Å²) in [5, 5.41) is 3.10. The zero-order valence-electron chi connectivity index (χ0n) is 18.0. The zero-order valence-corrected chi connectivity index (χ0v) is 18.0. The van der Waals surface area contributed by atoms with E-state index in [2.05, 4.69) is 24.1 Å². The molecule has 0 fully saturated rings. The van der Waals surface area contributed by atoms with Gasteiger partial charge < -0.3 is 19.4 Å². The quantitative estimate of drug-likeness (QED) is 0.600. The number of aryl methyl sites for hydroxylation is 1. The number of amides is 1. The molecule has 1 aliphatic heterocycles. The molecule has 1 N–H and O–H groups in total. The summed E-state index contributed by atoms with van der Waals surface area (Å²) in [5.41, 5.74) is 2.37. The highest BCUT2D eigenvalue weighted by Gasteiger charge is 2.31. The summed E-state index contributed by atoms with van der Waals surface area (Å²) in [5.74, 6) is 0.292. The van der Waals surface area contributed by atoms with Crippen LogP contribution in [0.3, 0.4) is 0 Å². The number of para-hydroxylation sites is 4. The van der Waals surface area contributed by atoms with Crippen LogP contribution >= 0.6 is 0 Å². The van der Waals surface area contributed by atoms with Crippen LogP contribution in [0.1, 0.15) is 33.1 Å². The Kier molecular flexibility index (Phi) is 6.30. The molecule has 2 aromatic carbocycles. The molecule has 1 unspecified atom stereocenters. The number of aromatic nitrogens is 1. The molecule has 164 valence electrons. The smallest absolute Gasteiger partial charge is 0.419 e. The van der Waals surface area contributed by atoms with Gasteiger partial charge in [0.2, 0.25) is 0 Å². The molecular weight excluding hydrogens is 394 g/mol. The van der Waals surface area contributed by atoms with Crippen LogP contribution in [0.25, 0.3) is 11.1 Å². The molecule has 1 aliphatic rings. The maximum Gasteiger partial charge on any atom is 0.419 e. The average Bonchev–Trinajstić information content (AvgIpc) is 3.12. The lowest BCUT2D eigenvalue weighted by atomic mass is 10.1. The number of nitrogens with zero attached hydrogens (tertiary/aromatic N) is 2. The van der Waals surface area contributed by atoms with E-state index in [-0.39, 0.29) is 17.7 Å². The van der Waals surface area contributed by atoms with Gasteiger partial charge in [0.05, 0.1) is 17.7 Å². The zero-order chi connectivity index (χ0) is 21.8. The number of hydrogen-bond donors (Lipinski definition) is 1. The summed E-state index contributed by atoms with van der Waals surface area (Å²) in [4.78, 5) is 27.2. The standard InChI is InChI=1S/C24H29N3O4/c1-3-17(4-2)25-23(28)22-16-26(18-10-5-7-12-20(18)30-22)14-9-15-27-19-11-6-8-13-21(19)31-24(27)29/h5-8,10-13,17,22H,3-4,9,14-16H2,1-2H3,(H,25,28). The predicted octanol–water partition coefficient (Wildman–Crippen LogP) is 3.56. The average molecular weight is 424 g/mol. The van der Waals surface area contributed by atoms with Gasteiger partial charge in [-0.05, 0) is 43.5 Å². The number of ether oxygens (including phenoxy) is 1. The van der Waals surface area contributed by atoms with E-state index in [0.29, 0.717) is 31.0 Å². The van der Waals surface area contributed by atoms with Gasteiger partial charge in [-0.25, -0.2) is 4.79 Å². The van der Waals surface area contributed by atoms with Crippen molar-refractivity contribution >= 4 is 22.7 Å². The van der Waals surface area contributed by atoms with Gasteiger partial charge in [0.25, 0.3) is 5.91 Å². The van der Waals surface area contributed by atoms with E-state index in [1.165, 1.54) is 0 Å². The Labute approximate surface area is 181 Å². The number of rotatable bonds is 8. The number of fused-ring (bicyclic) bond motifs is 2. The van der Waals surface area contributed by atoms with E-state index in [4.69, 9.17) is 9.15 Å². The van der Waals surface area contributed by atoms with Gasteiger partial charge in [-0.2, -0.15) is 0 Å². The minimum atomic E-state index is -0.562. The van der Waals surface area contributed by atoms with E-state index in [9.17, 15) is 9.59 Å². The number of hydrogen-bond acceptors (Lipinski definition) is 5. The lowest BCUT2D eigenvalue weighted by molar-refractivity contribution is -0.128. The SMILES string of the molecule is CCC(CC)NC(=O)C1CN(CCCn2c(=O)oc3ccccc32)c2ccccc2O1. The van der Waals surface area contributed by atoms with Crippen LogP contribution in [0.2, 0.25) is 0 Å². The Morgan fingerprint density at radius 1 is 1.10 bits per heavy atom. The van der Waals surface area contributed by atoms with Gasteiger partial charge in [-0.15, -0.1) is 0 Å². The highest BCUT2D eigenvalue weighted by molar-refractivity contribution is 5.83. The fraction of sp³-hybridized carbons (Fsp3) is 0.417. The predicted molar refractivity (Wildman–Crippen MR) is 121 cm³/mol. The van der Waals surface area contributed by atoms with Crippen LogP contribution < -0.4 is 20.7 Å². The molecule has 1 aromatic heterocycles. The molecule has 0 bridgehead atoms. The van der Waals surface area contributed by atoms with Crippen LogP contribution in [0, 0.1) is 0 Å². The minimum Gasteiger partial charge on any atom is -0.477 e. The summed E-state index contributed by atoms with van der Waals surface area (Å²) in [6, 6.07) is 15.4. The molecule has 1 amide bonds. The largest absolute Gasteiger partial charge is 0.477 e. The molecule has 1 atom stereocenters. The van der Waals surface area contributed by atoms with Crippen LogP contribution in [-0.2, 0) is 11.3 Å². The fourth-order valence-electron chi connectivity index (χ4n) is 4.09. The highest BCUT2D eigenvalue weighted by Crippen LogP contribution is 2.33. The summed E-state index contributed by atoms with van der Waals surface area (Å²) in [6.07, 6.45) is 1.96. The molecule has 4 rings (SSSR count). The lowest BCUT2D eigenvalue weighted by Crippen LogP contribution is -2.51. The van der Waals surface area contributed by atoms with Crippen molar-refractivity contribution in [2.45, 2.75) is 51.8 Å².